The SMILES string of the molecule is CCC(CC)(CO)CNc1cc(F)cc(F)c1. The molecule has 1 aromatic rings. The molecule has 0 unspecified atom stereocenters. The molecule has 0 atom stereocenters. The summed E-state index contributed by atoms with van der Waals surface area (Å²) in [6.07, 6.45) is 1.62. The summed E-state index contributed by atoms with van der Waals surface area (Å²) < 4.78 is 25.9. The van der Waals surface area contributed by atoms with E-state index in [2.05, 4.69) is 5.32 Å². The highest BCUT2D eigenvalue weighted by Gasteiger charge is 2.24. The fourth-order valence-corrected chi connectivity index (χ4v) is 1.72. The molecule has 0 radical (unpaired) electrons. The summed E-state index contributed by atoms with van der Waals surface area (Å²) in [5.74, 6) is -1.20. The van der Waals surface area contributed by atoms with Gasteiger partial charge in [-0.15, -0.1) is 0 Å². The first-order valence-corrected chi connectivity index (χ1v) is 5.86. The lowest BCUT2D eigenvalue weighted by molar-refractivity contribution is 0.127. The first-order chi connectivity index (χ1) is 8.05. The van der Waals surface area contributed by atoms with Crippen LogP contribution in [0.15, 0.2) is 18.2 Å². The lowest BCUT2D eigenvalue weighted by Crippen LogP contribution is -2.32. The molecule has 0 aliphatic carbocycles. The molecule has 0 spiro atoms. The van der Waals surface area contributed by atoms with Crippen molar-refractivity contribution in [1.29, 1.82) is 0 Å². The average molecular weight is 243 g/mol. The van der Waals surface area contributed by atoms with Crippen LogP contribution >= 0.6 is 0 Å². The first kappa shape index (κ1) is 13.9. The molecule has 4 heteroatoms. The monoisotopic (exact) mass is 243 g/mol. The second-order valence-electron chi connectivity index (χ2n) is 4.38. The third kappa shape index (κ3) is 3.66. The van der Waals surface area contributed by atoms with E-state index in [9.17, 15) is 13.9 Å². The average Bonchev–Trinajstić information content (AvgIpc) is 2.30. The van der Waals surface area contributed by atoms with E-state index < -0.39 is 11.6 Å². The Labute approximate surface area is 101 Å². The van der Waals surface area contributed by atoms with Gasteiger partial charge < -0.3 is 10.4 Å². The number of hydrogen-bond acceptors (Lipinski definition) is 2. The molecule has 0 amide bonds. The molecule has 0 fully saturated rings. The minimum Gasteiger partial charge on any atom is -0.396 e. The fraction of sp³-hybridized carbons (Fsp3) is 0.538. The van der Waals surface area contributed by atoms with Gasteiger partial charge in [0.2, 0.25) is 0 Å². The molecule has 0 aliphatic rings. The summed E-state index contributed by atoms with van der Waals surface area (Å²) in [7, 11) is 0. The molecule has 17 heavy (non-hydrogen) atoms. The number of benzene rings is 1. The van der Waals surface area contributed by atoms with Crippen LogP contribution in [-0.2, 0) is 0 Å². The van der Waals surface area contributed by atoms with Crippen LogP contribution in [0.2, 0.25) is 0 Å². The van der Waals surface area contributed by atoms with Gasteiger partial charge in [0, 0.05) is 23.7 Å². The Morgan fingerprint density at radius 3 is 2.06 bits per heavy atom. The van der Waals surface area contributed by atoms with Crippen molar-refractivity contribution in [3.05, 3.63) is 29.8 Å². The third-order valence-corrected chi connectivity index (χ3v) is 3.37. The van der Waals surface area contributed by atoms with Gasteiger partial charge in [-0.05, 0) is 25.0 Å². The minimum absolute atomic E-state index is 0.0603. The molecule has 1 rings (SSSR count). The fourth-order valence-electron chi connectivity index (χ4n) is 1.72. The first-order valence-electron chi connectivity index (χ1n) is 5.86. The van der Waals surface area contributed by atoms with Crippen molar-refractivity contribution >= 4 is 5.69 Å². The van der Waals surface area contributed by atoms with E-state index in [1.165, 1.54) is 12.1 Å². The number of nitrogens with one attached hydrogen (secondary N) is 1. The molecule has 0 heterocycles. The molecule has 2 N–H and O–H groups in total. The number of anilines is 1. The van der Waals surface area contributed by atoms with Gasteiger partial charge in [-0.1, -0.05) is 13.8 Å². The van der Waals surface area contributed by atoms with E-state index in [1.54, 1.807) is 0 Å². The van der Waals surface area contributed by atoms with Crippen LogP contribution in [0, 0.1) is 17.0 Å². The van der Waals surface area contributed by atoms with Crippen LogP contribution in [0.5, 0.6) is 0 Å². The number of hydrogen-bond donors (Lipinski definition) is 2. The molecule has 0 saturated carbocycles. The van der Waals surface area contributed by atoms with Gasteiger partial charge in [-0.3, -0.25) is 0 Å². The zero-order chi connectivity index (χ0) is 12.9. The molecular formula is C13H19F2NO. The van der Waals surface area contributed by atoms with Gasteiger partial charge in [0.05, 0.1) is 6.61 Å². The Balaban J connectivity index is 2.71. The Kier molecular flexibility index (Phi) is 4.87. The lowest BCUT2D eigenvalue weighted by Gasteiger charge is -2.30. The minimum atomic E-state index is -0.602. The number of halogens is 2. The van der Waals surface area contributed by atoms with Crippen LogP contribution in [0.3, 0.4) is 0 Å². The molecule has 1 aromatic carbocycles. The second kappa shape index (κ2) is 5.96. The highest BCUT2D eigenvalue weighted by molar-refractivity contribution is 5.43. The summed E-state index contributed by atoms with van der Waals surface area (Å²) in [4.78, 5) is 0. The molecule has 96 valence electrons. The van der Waals surface area contributed by atoms with Crippen LogP contribution in [0.1, 0.15) is 26.7 Å². The lowest BCUT2D eigenvalue weighted by atomic mass is 9.83. The van der Waals surface area contributed by atoms with Crippen molar-refractivity contribution in [2.24, 2.45) is 5.41 Å². The Hall–Kier alpha value is -1.16. The van der Waals surface area contributed by atoms with E-state index in [-0.39, 0.29) is 12.0 Å². The predicted molar refractivity (Wildman–Crippen MR) is 64.9 cm³/mol. The maximum Gasteiger partial charge on any atom is 0.128 e. The van der Waals surface area contributed by atoms with Crippen LogP contribution < -0.4 is 5.32 Å². The zero-order valence-electron chi connectivity index (χ0n) is 10.3. The Morgan fingerprint density at radius 2 is 1.65 bits per heavy atom. The molecule has 2 nitrogen and oxygen atoms in total. The van der Waals surface area contributed by atoms with Crippen molar-refractivity contribution in [3.63, 3.8) is 0 Å². The van der Waals surface area contributed by atoms with Crippen molar-refractivity contribution < 1.29 is 13.9 Å². The number of aliphatic hydroxyl groups is 1. The smallest absolute Gasteiger partial charge is 0.128 e. The standard InChI is InChI=1S/C13H19F2NO/c1-3-13(4-2,9-17)8-16-12-6-10(14)5-11(15)7-12/h5-7,16-17H,3-4,8-9H2,1-2H3. The normalized spacial score (nSPS) is 11.6. The van der Waals surface area contributed by atoms with E-state index in [0.29, 0.717) is 12.2 Å². The molecule has 0 aliphatic heterocycles. The van der Waals surface area contributed by atoms with Crippen LogP contribution in [0.4, 0.5) is 14.5 Å². The maximum atomic E-state index is 13.0. The summed E-state index contributed by atoms with van der Waals surface area (Å²) in [6.45, 7) is 4.55. The van der Waals surface area contributed by atoms with E-state index in [0.717, 1.165) is 18.9 Å². The van der Waals surface area contributed by atoms with Gasteiger partial charge in [0.15, 0.2) is 0 Å². The number of rotatable bonds is 6. The summed E-state index contributed by atoms with van der Waals surface area (Å²) in [5, 5.41) is 12.4. The van der Waals surface area contributed by atoms with Gasteiger partial charge in [0.25, 0.3) is 0 Å². The summed E-state index contributed by atoms with van der Waals surface area (Å²) in [6, 6.07) is 3.33. The van der Waals surface area contributed by atoms with Crippen molar-refractivity contribution in [2.45, 2.75) is 26.7 Å². The van der Waals surface area contributed by atoms with Crippen molar-refractivity contribution in [1.82, 2.24) is 0 Å². The van der Waals surface area contributed by atoms with E-state index in [1.807, 2.05) is 13.8 Å². The van der Waals surface area contributed by atoms with Crippen molar-refractivity contribution in [2.75, 3.05) is 18.5 Å². The highest BCUT2D eigenvalue weighted by Crippen LogP contribution is 2.26. The largest absolute Gasteiger partial charge is 0.396 e. The van der Waals surface area contributed by atoms with E-state index >= 15 is 0 Å². The summed E-state index contributed by atoms with van der Waals surface area (Å²) in [5.41, 5.74) is 0.171. The molecule has 0 bridgehead atoms. The molecule has 0 saturated heterocycles. The number of aliphatic hydroxyl groups excluding tert-OH is 1. The van der Waals surface area contributed by atoms with Crippen LogP contribution in [0.25, 0.3) is 0 Å². The third-order valence-electron chi connectivity index (χ3n) is 3.37. The van der Waals surface area contributed by atoms with Crippen molar-refractivity contribution in [3.8, 4) is 0 Å². The summed E-state index contributed by atoms with van der Waals surface area (Å²) >= 11 is 0. The van der Waals surface area contributed by atoms with Gasteiger partial charge >= 0.3 is 0 Å². The Morgan fingerprint density at radius 1 is 1.12 bits per heavy atom. The van der Waals surface area contributed by atoms with Gasteiger partial charge in [0.1, 0.15) is 11.6 Å². The Bertz CT molecular complexity index is 336. The maximum absolute atomic E-state index is 13.0. The van der Waals surface area contributed by atoms with Gasteiger partial charge in [-0.2, -0.15) is 0 Å². The zero-order valence-corrected chi connectivity index (χ0v) is 10.3. The quantitative estimate of drug-likeness (QED) is 0.804. The topological polar surface area (TPSA) is 32.3 Å². The van der Waals surface area contributed by atoms with E-state index in [4.69, 9.17) is 0 Å². The molecular weight excluding hydrogens is 224 g/mol. The highest BCUT2D eigenvalue weighted by atomic mass is 19.1. The predicted octanol–water partition coefficient (Wildman–Crippen LogP) is 3.18. The second-order valence-corrected chi connectivity index (χ2v) is 4.38. The van der Waals surface area contributed by atoms with Gasteiger partial charge in [-0.25, -0.2) is 8.78 Å². The molecule has 0 aromatic heterocycles. The van der Waals surface area contributed by atoms with Crippen LogP contribution in [-0.4, -0.2) is 18.3 Å².